The van der Waals surface area contributed by atoms with Crippen LogP contribution in [-0.2, 0) is 0 Å². The Bertz CT molecular complexity index is 87.3. The van der Waals surface area contributed by atoms with Crippen LogP contribution in [0, 0.1) is 5.92 Å². The van der Waals surface area contributed by atoms with Gasteiger partial charge in [-0.15, -0.1) is 23.5 Å². The summed E-state index contributed by atoms with van der Waals surface area (Å²) in [6, 6.07) is 0. The number of thioether (sulfide) groups is 2. The molecule has 10 heavy (non-hydrogen) atoms. The molecule has 1 aliphatic rings. The van der Waals surface area contributed by atoms with Crippen molar-refractivity contribution in [3.63, 3.8) is 0 Å². The quantitative estimate of drug-likeness (QED) is 0.633. The predicted octanol–water partition coefficient (Wildman–Crippen LogP) is 3.23. The van der Waals surface area contributed by atoms with Crippen molar-refractivity contribution >= 4 is 23.5 Å². The minimum Gasteiger partial charge on any atom is -0.147 e. The molecular formula is C8H16S2. The second-order valence-electron chi connectivity index (χ2n) is 2.85. The van der Waals surface area contributed by atoms with Gasteiger partial charge in [0.1, 0.15) is 0 Å². The Morgan fingerprint density at radius 1 is 1.40 bits per heavy atom. The molecule has 0 aromatic heterocycles. The summed E-state index contributed by atoms with van der Waals surface area (Å²) in [5.41, 5.74) is 0. The van der Waals surface area contributed by atoms with Gasteiger partial charge in [-0.2, -0.15) is 0 Å². The topological polar surface area (TPSA) is 0 Å². The third-order valence-electron chi connectivity index (χ3n) is 1.96. The molecule has 0 radical (unpaired) electrons. The van der Waals surface area contributed by atoms with Crippen LogP contribution >= 0.6 is 23.5 Å². The lowest BCUT2D eigenvalue weighted by atomic mass is 10.2. The molecule has 0 bridgehead atoms. The number of hydrogen-bond acceptors (Lipinski definition) is 2. The maximum atomic E-state index is 2.37. The molecule has 1 heterocycles. The van der Waals surface area contributed by atoms with Crippen molar-refractivity contribution < 1.29 is 0 Å². The highest BCUT2D eigenvalue weighted by Gasteiger charge is 2.19. The van der Waals surface area contributed by atoms with Gasteiger partial charge in [0.2, 0.25) is 0 Å². The molecule has 1 atom stereocenters. The van der Waals surface area contributed by atoms with Crippen molar-refractivity contribution in [2.75, 3.05) is 11.5 Å². The van der Waals surface area contributed by atoms with Crippen molar-refractivity contribution in [1.29, 1.82) is 0 Å². The van der Waals surface area contributed by atoms with Gasteiger partial charge in [0, 0.05) is 0 Å². The summed E-state index contributed by atoms with van der Waals surface area (Å²) in [5.74, 6) is 3.69. The van der Waals surface area contributed by atoms with E-state index in [1.807, 2.05) is 0 Å². The molecular weight excluding hydrogens is 160 g/mol. The fourth-order valence-corrected chi connectivity index (χ4v) is 4.30. The molecule has 0 saturated carbocycles. The number of hydrogen-bond donors (Lipinski definition) is 0. The summed E-state index contributed by atoms with van der Waals surface area (Å²) in [5, 5.41) is 0. The van der Waals surface area contributed by atoms with Crippen LogP contribution in [0.4, 0.5) is 0 Å². The molecule has 0 nitrogen and oxygen atoms in total. The standard InChI is InChI=1S/C8H16S2/c1-3-7(2)8-9-5-4-6-10-8/h7-8H,3-6H2,1-2H3/t7-/m0/s1. The van der Waals surface area contributed by atoms with Gasteiger partial charge >= 0.3 is 0 Å². The van der Waals surface area contributed by atoms with E-state index in [0.29, 0.717) is 0 Å². The fraction of sp³-hybridized carbons (Fsp3) is 1.00. The van der Waals surface area contributed by atoms with Crippen LogP contribution < -0.4 is 0 Å². The Balaban J connectivity index is 2.24. The summed E-state index contributed by atoms with van der Waals surface area (Å²) < 4.78 is 0.902. The zero-order valence-corrected chi connectivity index (χ0v) is 8.43. The second-order valence-corrected chi connectivity index (χ2v) is 5.65. The highest BCUT2D eigenvalue weighted by Crippen LogP contribution is 2.36. The summed E-state index contributed by atoms with van der Waals surface area (Å²) in [4.78, 5) is 0. The van der Waals surface area contributed by atoms with Gasteiger partial charge in [-0.1, -0.05) is 20.3 Å². The average Bonchev–Trinajstić information content (AvgIpc) is 2.05. The molecule has 0 N–H and O–H groups in total. The fourth-order valence-electron chi connectivity index (χ4n) is 1.03. The summed E-state index contributed by atoms with van der Waals surface area (Å²) in [6.45, 7) is 4.66. The lowest BCUT2D eigenvalue weighted by molar-refractivity contribution is 0.613. The van der Waals surface area contributed by atoms with Gasteiger partial charge in [-0.05, 0) is 23.8 Å². The number of rotatable bonds is 2. The van der Waals surface area contributed by atoms with Crippen LogP contribution in [0.25, 0.3) is 0 Å². The molecule has 60 valence electrons. The third-order valence-corrected chi connectivity index (χ3v) is 5.41. The van der Waals surface area contributed by atoms with Gasteiger partial charge in [-0.3, -0.25) is 0 Å². The van der Waals surface area contributed by atoms with E-state index < -0.39 is 0 Å². The highest BCUT2D eigenvalue weighted by molar-refractivity contribution is 8.17. The van der Waals surface area contributed by atoms with Crippen molar-refractivity contribution in [3.05, 3.63) is 0 Å². The summed E-state index contributed by atoms with van der Waals surface area (Å²) in [6.07, 6.45) is 2.76. The van der Waals surface area contributed by atoms with Crippen LogP contribution in [-0.4, -0.2) is 16.1 Å². The predicted molar refractivity (Wildman–Crippen MR) is 52.8 cm³/mol. The van der Waals surface area contributed by atoms with Crippen molar-refractivity contribution in [2.45, 2.75) is 31.3 Å². The normalized spacial score (nSPS) is 24.6. The largest absolute Gasteiger partial charge is 0.147 e. The average molecular weight is 176 g/mol. The van der Waals surface area contributed by atoms with Crippen LogP contribution in [0.3, 0.4) is 0 Å². The first-order valence-electron chi connectivity index (χ1n) is 4.07. The highest BCUT2D eigenvalue weighted by atomic mass is 32.2. The van der Waals surface area contributed by atoms with Gasteiger partial charge < -0.3 is 0 Å². The lowest BCUT2D eigenvalue weighted by Gasteiger charge is -2.25. The molecule has 0 spiro atoms. The van der Waals surface area contributed by atoms with Crippen LogP contribution in [0.5, 0.6) is 0 Å². The Morgan fingerprint density at radius 2 is 2.00 bits per heavy atom. The maximum absolute atomic E-state index is 2.37. The third kappa shape index (κ3) is 2.39. The first-order valence-corrected chi connectivity index (χ1v) is 6.17. The van der Waals surface area contributed by atoms with E-state index in [1.54, 1.807) is 0 Å². The molecule has 2 heteroatoms. The zero-order valence-electron chi connectivity index (χ0n) is 6.80. The first-order chi connectivity index (χ1) is 4.84. The van der Waals surface area contributed by atoms with E-state index in [1.165, 1.54) is 24.3 Å². The minimum atomic E-state index is 0.902. The Labute approximate surface area is 72.5 Å². The molecule has 0 aliphatic carbocycles. The molecule has 1 aliphatic heterocycles. The van der Waals surface area contributed by atoms with E-state index in [4.69, 9.17) is 0 Å². The van der Waals surface area contributed by atoms with Crippen LogP contribution in [0.15, 0.2) is 0 Å². The Hall–Kier alpha value is 0.700. The molecule has 1 fully saturated rings. The zero-order chi connectivity index (χ0) is 7.40. The van der Waals surface area contributed by atoms with Gasteiger partial charge in [0.25, 0.3) is 0 Å². The first kappa shape index (κ1) is 8.79. The molecule has 0 aromatic carbocycles. The smallest absolute Gasteiger partial charge is 0.0527 e. The maximum Gasteiger partial charge on any atom is 0.0527 e. The van der Waals surface area contributed by atoms with E-state index >= 15 is 0 Å². The van der Waals surface area contributed by atoms with E-state index in [2.05, 4.69) is 37.4 Å². The second kappa shape index (κ2) is 4.55. The van der Waals surface area contributed by atoms with Crippen molar-refractivity contribution in [1.82, 2.24) is 0 Å². The monoisotopic (exact) mass is 176 g/mol. The van der Waals surface area contributed by atoms with Gasteiger partial charge in [-0.25, -0.2) is 0 Å². The van der Waals surface area contributed by atoms with E-state index in [-0.39, 0.29) is 0 Å². The molecule has 0 unspecified atom stereocenters. The molecule has 1 rings (SSSR count). The molecule has 0 amide bonds. The summed E-state index contributed by atoms with van der Waals surface area (Å²) in [7, 11) is 0. The van der Waals surface area contributed by atoms with Crippen LogP contribution in [0.2, 0.25) is 0 Å². The van der Waals surface area contributed by atoms with Gasteiger partial charge in [0.05, 0.1) is 4.58 Å². The molecule has 1 saturated heterocycles. The van der Waals surface area contributed by atoms with Crippen molar-refractivity contribution in [2.24, 2.45) is 5.92 Å². The Morgan fingerprint density at radius 3 is 2.50 bits per heavy atom. The molecule has 0 aromatic rings. The Kier molecular flexibility index (Phi) is 4.00. The van der Waals surface area contributed by atoms with Crippen LogP contribution in [0.1, 0.15) is 26.7 Å². The SMILES string of the molecule is CC[C@H](C)C1SCCCS1. The van der Waals surface area contributed by atoms with E-state index in [0.717, 1.165) is 10.5 Å². The van der Waals surface area contributed by atoms with Crippen molar-refractivity contribution in [3.8, 4) is 0 Å². The lowest BCUT2D eigenvalue weighted by Crippen LogP contribution is -2.14. The summed E-state index contributed by atoms with van der Waals surface area (Å²) >= 11 is 4.32. The minimum absolute atomic E-state index is 0.902. The van der Waals surface area contributed by atoms with E-state index in [9.17, 15) is 0 Å². The van der Waals surface area contributed by atoms with Gasteiger partial charge in [0.15, 0.2) is 0 Å².